The van der Waals surface area contributed by atoms with Gasteiger partial charge in [0.25, 0.3) is 5.91 Å². The molecule has 0 radical (unpaired) electrons. The molecule has 1 N–H and O–H groups in total. The highest BCUT2D eigenvalue weighted by atomic mass is 16.5. The van der Waals surface area contributed by atoms with Crippen molar-refractivity contribution in [3.8, 4) is 17.2 Å². The van der Waals surface area contributed by atoms with Gasteiger partial charge in [0, 0.05) is 13.1 Å². The zero-order valence-electron chi connectivity index (χ0n) is 16.1. The second kappa shape index (κ2) is 9.41. The second-order valence-electron chi connectivity index (χ2n) is 6.30. The van der Waals surface area contributed by atoms with Crippen molar-refractivity contribution in [1.82, 2.24) is 10.1 Å². The van der Waals surface area contributed by atoms with Crippen molar-refractivity contribution in [2.75, 3.05) is 25.5 Å². The fourth-order valence-corrected chi connectivity index (χ4v) is 2.40. The number of carbonyl (C=O) groups excluding carboxylic acids is 2. The first kappa shape index (κ1) is 19.9. The fourth-order valence-electron chi connectivity index (χ4n) is 2.40. The molecular weight excluding hydrogens is 374 g/mol. The Hall–Kier alpha value is -3.81. The molecule has 0 spiro atoms. The first-order valence-corrected chi connectivity index (χ1v) is 8.92. The summed E-state index contributed by atoms with van der Waals surface area (Å²) in [5, 5.41) is 6.23. The molecule has 0 saturated carbocycles. The molecule has 8 nitrogen and oxygen atoms in total. The first-order chi connectivity index (χ1) is 14.0. The molecule has 0 aliphatic carbocycles. The topological polar surface area (TPSA) is 93.9 Å². The van der Waals surface area contributed by atoms with E-state index in [1.807, 2.05) is 30.3 Å². The third-order valence-electron chi connectivity index (χ3n) is 3.87. The number of nitrogens with one attached hydrogen (secondary N) is 1. The Labute approximate surface area is 168 Å². The Morgan fingerprint density at radius 1 is 1.03 bits per heavy atom. The van der Waals surface area contributed by atoms with Crippen molar-refractivity contribution in [2.24, 2.45) is 0 Å². The minimum absolute atomic E-state index is 0.127. The van der Waals surface area contributed by atoms with E-state index in [4.69, 9.17) is 14.0 Å². The number of rotatable bonds is 8. The van der Waals surface area contributed by atoms with Gasteiger partial charge in [0.05, 0.1) is 6.54 Å². The van der Waals surface area contributed by atoms with E-state index in [0.717, 1.165) is 5.75 Å². The Balaban J connectivity index is 1.43. The van der Waals surface area contributed by atoms with Crippen LogP contribution in [0.25, 0.3) is 0 Å². The van der Waals surface area contributed by atoms with Crippen LogP contribution in [-0.2, 0) is 9.59 Å². The summed E-state index contributed by atoms with van der Waals surface area (Å²) >= 11 is 0. The SMILES string of the molecule is Cc1cc(NC(=O)CN(C)C(=O)COc2ccc(Oc3ccccc3)cc2)no1. The maximum absolute atomic E-state index is 12.2. The number of aryl methyl sites for hydroxylation is 1. The molecule has 0 bridgehead atoms. The lowest BCUT2D eigenvalue weighted by Gasteiger charge is -2.16. The van der Waals surface area contributed by atoms with Gasteiger partial charge >= 0.3 is 0 Å². The summed E-state index contributed by atoms with van der Waals surface area (Å²) in [5.41, 5.74) is 0. The summed E-state index contributed by atoms with van der Waals surface area (Å²) < 4.78 is 16.1. The fraction of sp³-hybridized carbons (Fsp3) is 0.190. The van der Waals surface area contributed by atoms with Crippen molar-refractivity contribution >= 4 is 17.6 Å². The number of likely N-dealkylation sites (N-methyl/N-ethyl adjacent to an activating group) is 1. The van der Waals surface area contributed by atoms with E-state index in [1.54, 1.807) is 37.3 Å². The first-order valence-electron chi connectivity index (χ1n) is 8.92. The Bertz CT molecular complexity index is 954. The van der Waals surface area contributed by atoms with E-state index in [2.05, 4.69) is 10.5 Å². The van der Waals surface area contributed by atoms with E-state index < -0.39 is 0 Å². The van der Waals surface area contributed by atoms with Gasteiger partial charge in [0.2, 0.25) is 5.91 Å². The molecule has 0 aliphatic heterocycles. The van der Waals surface area contributed by atoms with Gasteiger partial charge < -0.3 is 24.2 Å². The lowest BCUT2D eigenvalue weighted by Crippen LogP contribution is -2.37. The van der Waals surface area contributed by atoms with Gasteiger partial charge in [-0.25, -0.2) is 0 Å². The smallest absolute Gasteiger partial charge is 0.260 e. The van der Waals surface area contributed by atoms with Crippen molar-refractivity contribution in [3.63, 3.8) is 0 Å². The highest BCUT2D eigenvalue weighted by molar-refractivity contribution is 5.93. The summed E-state index contributed by atoms with van der Waals surface area (Å²) in [6.07, 6.45) is 0. The summed E-state index contributed by atoms with van der Waals surface area (Å²) in [5.74, 6) is 2.09. The summed E-state index contributed by atoms with van der Waals surface area (Å²) in [6, 6.07) is 17.9. The zero-order chi connectivity index (χ0) is 20.6. The molecule has 1 aromatic heterocycles. The number of para-hydroxylation sites is 1. The van der Waals surface area contributed by atoms with Gasteiger partial charge in [0.1, 0.15) is 23.0 Å². The monoisotopic (exact) mass is 395 g/mol. The molecule has 3 aromatic rings. The van der Waals surface area contributed by atoms with Crippen molar-refractivity contribution in [3.05, 3.63) is 66.4 Å². The van der Waals surface area contributed by atoms with Crippen LogP contribution >= 0.6 is 0 Å². The second-order valence-corrected chi connectivity index (χ2v) is 6.30. The Kier molecular flexibility index (Phi) is 6.47. The van der Waals surface area contributed by atoms with Crippen molar-refractivity contribution < 1.29 is 23.6 Å². The molecule has 150 valence electrons. The highest BCUT2D eigenvalue weighted by Crippen LogP contribution is 2.23. The average Bonchev–Trinajstić information content (AvgIpc) is 3.12. The average molecular weight is 395 g/mol. The van der Waals surface area contributed by atoms with Crippen LogP contribution in [0, 0.1) is 6.92 Å². The number of anilines is 1. The number of aromatic nitrogens is 1. The van der Waals surface area contributed by atoms with Crippen LogP contribution in [-0.4, -0.2) is 42.1 Å². The van der Waals surface area contributed by atoms with E-state index in [-0.39, 0.29) is 25.0 Å². The van der Waals surface area contributed by atoms with Gasteiger partial charge in [-0.1, -0.05) is 23.4 Å². The number of benzene rings is 2. The van der Waals surface area contributed by atoms with Crippen LogP contribution in [0.2, 0.25) is 0 Å². The number of nitrogens with zero attached hydrogens (tertiary/aromatic N) is 2. The molecule has 1 heterocycles. The summed E-state index contributed by atoms with van der Waals surface area (Å²) in [4.78, 5) is 25.4. The van der Waals surface area contributed by atoms with Crippen LogP contribution in [0.15, 0.2) is 65.2 Å². The van der Waals surface area contributed by atoms with Crippen LogP contribution in [0.5, 0.6) is 17.2 Å². The molecule has 0 unspecified atom stereocenters. The lowest BCUT2D eigenvalue weighted by atomic mass is 10.3. The molecule has 0 atom stereocenters. The van der Waals surface area contributed by atoms with Crippen LogP contribution in [0.1, 0.15) is 5.76 Å². The quantitative estimate of drug-likeness (QED) is 0.629. The summed E-state index contributed by atoms with van der Waals surface area (Å²) in [7, 11) is 1.52. The lowest BCUT2D eigenvalue weighted by molar-refractivity contribution is -0.135. The highest BCUT2D eigenvalue weighted by Gasteiger charge is 2.15. The van der Waals surface area contributed by atoms with Crippen LogP contribution < -0.4 is 14.8 Å². The van der Waals surface area contributed by atoms with Gasteiger partial charge in [-0.2, -0.15) is 0 Å². The number of hydrogen-bond acceptors (Lipinski definition) is 6. The molecule has 2 aromatic carbocycles. The third kappa shape index (κ3) is 6.10. The number of ether oxygens (including phenoxy) is 2. The largest absolute Gasteiger partial charge is 0.484 e. The maximum atomic E-state index is 12.2. The molecular formula is C21H21N3O5. The molecule has 29 heavy (non-hydrogen) atoms. The van der Waals surface area contributed by atoms with Crippen LogP contribution in [0.4, 0.5) is 5.82 Å². The van der Waals surface area contributed by atoms with E-state index in [9.17, 15) is 9.59 Å². The molecule has 8 heteroatoms. The van der Waals surface area contributed by atoms with Gasteiger partial charge in [0.15, 0.2) is 12.4 Å². The standard InChI is InChI=1S/C21H21N3O5/c1-15-12-19(23-29-15)22-20(25)13-24(2)21(26)14-27-16-8-10-18(11-9-16)28-17-6-4-3-5-7-17/h3-12H,13-14H2,1-2H3,(H,22,23,25). The number of hydrogen-bond donors (Lipinski definition) is 1. The van der Waals surface area contributed by atoms with E-state index in [0.29, 0.717) is 23.1 Å². The van der Waals surface area contributed by atoms with Gasteiger partial charge in [-0.15, -0.1) is 0 Å². The van der Waals surface area contributed by atoms with Crippen molar-refractivity contribution in [2.45, 2.75) is 6.92 Å². The van der Waals surface area contributed by atoms with Gasteiger partial charge in [-0.05, 0) is 43.3 Å². The molecule has 0 saturated heterocycles. The molecule has 2 amide bonds. The zero-order valence-corrected chi connectivity index (χ0v) is 16.1. The maximum Gasteiger partial charge on any atom is 0.260 e. The minimum atomic E-state index is -0.378. The molecule has 0 aliphatic rings. The predicted molar refractivity (Wildman–Crippen MR) is 106 cm³/mol. The van der Waals surface area contributed by atoms with E-state index >= 15 is 0 Å². The van der Waals surface area contributed by atoms with Crippen molar-refractivity contribution in [1.29, 1.82) is 0 Å². The summed E-state index contributed by atoms with van der Waals surface area (Å²) in [6.45, 7) is 1.40. The third-order valence-corrected chi connectivity index (χ3v) is 3.87. The normalized spacial score (nSPS) is 10.3. The predicted octanol–water partition coefficient (Wildman–Crippen LogP) is 3.25. The molecule has 0 fully saturated rings. The van der Waals surface area contributed by atoms with Gasteiger partial charge in [-0.3, -0.25) is 9.59 Å². The van der Waals surface area contributed by atoms with Crippen LogP contribution in [0.3, 0.4) is 0 Å². The minimum Gasteiger partial charge on any atom is -0.484 e. The number of carbonyl (C=O) groups is 2. The molecule has 3 rings (SSSR count). The Morgan fingerprint density at radius 3 is 2.34 bits per heavy atom. The van der Waals surface area contributed by atoms with E-state index in [1.165, 1.54) is 11.9 Å². The number of amides is 2. The Morgan fingerprint density at radius 2 is 1.69 bits per heavy atom.